The summed E-state index contributed by atoms with van der Waals surface area (Å²) in [6.45, 7) is 0. The molecule has 0 aliphatic carbocycles. The predicted molar refractivity (Wildman–Crippen MR) is 79.4 cm³/mol. The fourth-order valence-corrected chi connectivity index (χ4v) is 5.48. The van der Waals surface area contributed by atoms with Gasteiger partial charge in [-0.3, -0.25) is 9.97 Å². The Kier molecular flexibility index (Phi) is 3.73. The van der Waals surface area contributed by atoms with E-state index in [0.717, 1.165) is 12.5 Å². The second-order valence-corrected chi connectivity index (χ2v) is 8.79. The number of hydrogen-bond donors (Lipinski definition) is 0. The van der Waals surface area contributed by atoms with E-state index in [1.807, 2.05) is 0 Å². The molecule has 2 rings (SSSR count). The molecular weight excluding hydrogens is 370 g/mol. The number of nitrogens with zero attached hydrogens (tertiary/aromatic N) is 3. The number of fused-ring (bicyclic) bond motifs is 1. The minimum absolute atomic E-state index is 0.0689. The highest BCUT2D eigenvalue weighted by Gasteiger charge is 2.31. The highest BCUT2D eigenvalue weighted by Crippen LogP contribution is 2.35. The zero-order valence-corrected chi connectivity index (χ0v) is 13.7. The van der Waals surface area contributed by atoms with Gasteiger partial charge >= 0.3 is 0 Å². The molecule has 0 N–H and O–H groups in total. The average molecular weight is 380 g/mol. The van der Waals surface area contributed by atoms with E-state index in [9.17, 15) is 16.8 Å². The Bertz CT molecular complexity index is 849. The Hall–Kier alpha value is -1.26. The lowest BCUT2D eigenvalue weighted by molar-refractivity contribution is 0.591. The SMILES string of the molecule is CS(=O)(=O)N(c1c(Br)ccc2nccnc12)S(C)(=O)=O. The summed E-state index contributed by atoms with van der Waals surface area (Å²) < 4.78 is 48.1. The van der Waals surface area contributed by atoms with Crippen molar-refractivity contribution in [1.29, 1.82) is 0 Å². The monoisotopic (exact) mass is 379 g/mol. The number of rotatable bonds is 3. The van der Waals surface area contributed by atoms with Crippen molar-refractivity contribution < 1.29 is 16.8 Å². The lowest BCUT2D eigenvalue weighted by Gasteiger charge is -2.21. The predicted octanol–water partition coefficient (Wildman–Crippen LogP) is 1.12. The zero-order valence-electron chi connectivity index (χ0n) is 10.5. The van der Waals surface area contributed by atoms with E-state index in [1.54, 1.807) is 6.07 Å². The molecule has 0 bridgehead atoms. The van der Waals surface area contributed by atoms with E-state index in [1.165, 1.54) is 18.5 Å². The van der Waals surface area contributed by atoms with Gasteiger partial charge in [0.1, 0.15) is 11.2 Å². The van der Waals surface area contributed by atoms with E-state index in [-0.39, 0.29) is 11.2 Å². The third-order valence-corrected chi connectivity index (χ3v) is 6.18. The molecule has 1 aromatic heterocycles. The van der Waals surface area contributed by atoms with E-state index in [2.05, 4.69) is 25.9 Å². The lowest BCUT2D eigenvalue weighted by atomic mass is 10.2. The van der Waals surface area contributed by atoms with Crippen LogP contribution in [0.25, 0.3) is 11.0 Å². The highest BCUT2D eigenvalue weighted by molar-refractivity contribution is 9.10. The molecule has 0 spiro atoms. The van der Waals surface area contributed by atoms with Gasteiger partial charge in [-0.25, -0.2) is 16.8 Å². The Labute approximate surface area is 124 Å². The van der Waals surface area contributed by atoms with Crippen LogP contribution in [0.5, 0.6) is 0 Å². The third kappa shape index (κ3) is 2.76. The molecular formula is C10H10BrN3O4S2. The average Bonchev–Trinajstić information content (AvgIpc) is 2.29. The van der Waals surface area contributed by atoms with Crippen molar-refractivity contribution >= 4 is 52.7 Å². The summed E-state index contributed by atoms with van der Waals surface area (Å²) in [4.78, 5) is 8.06. The van der Waals surface area contributed by atoms with Crippen LogP contribution in [0.1, 0.15) is 0 Å². The molecule has 0 radical (unpaired) electrons. The maximum Gasteiger partial charge on any atom is 0.245 e. The van der Waals surface area contributed by atoms with Crippen LogP contribution in [0, 0.1) is 0 Å². The summed E-state index contributed by atoms with van der Waals surface area (Å²) in [5.74, 6) is 0. The van der Waals surface area contributed by atoms with Crippen LogP contribution < -0.4 is 3.71 Å². The van der Waals surface area contributed by atoms with Gasteiger partial charge in [0.15, 0.2) is 0 Å². The summed E-state index contributed by atoms with van der Waals surface area (Å²) in [7, 11) is -8.08. The second-order valence-electron chi connectivity index (χ2n) is 4.04. The van der Waals surface area contributed by atoms with Crippen LogP contribution in [-0.4, -0.2) is 39.3 Å². The van der Waals surface area contributed by atoms with Crippen molar-refractivity contribution in [2.45, 2.75) is 0 Å². The van der Waals surface area contributed by atoms with Crippen LogP contribution in [0.4, 0.5) is 5.69 Å². The maximum atomic E-state index is 11.9. The molecule has 20 heavy (non-hydrogen) atoms. The van der Waals surface area contributed by atoms with Crippen LogP contribution >= 0.6 is 15.9 Å². The number of anilines is 1. The van der Waals surface area contributed by atoms with Gasteiger partial charge in [-0.15, -0.1) is 0 Å². The third-order valence-electron chi connectivity index (χ3n) is 2.35. The van der Waals surface area contributed by atoms with Gasteiger partial charge in [0.25, 0.3) is 0 Å². The summed E-state index contributed by atoms with van der Waals surface area (Å²) >= 11 is 3.16. The van der Waals surface area contributed by atoms with Gasteiger partial charge in [-0.1, -0.05) is 0 Å². The van der Waals surface area contributed by atoms with Gasteiger partial charge in [0.2, 0.25) is 20.0 Å². The van der Waals surface area contributed by atoms with Crippen molar-refractivity contribution in [2.75, 3.05) is 16.2 Å². The first-order chi connectivity index (χ1) is 9.12. The molecule has 1 heterocycles. The van der Waals surface area contributed by atoms with Crippen molar-refractivity contribution in [3.05, 3.63) is 29.0 Å². The normalized spacial score (nSPS) is 12.6. The molecule has 10 heteroatoms. The highest BCUT2D eigenvalue weighted by atomic mass is 79.9. The molecule has 108 valence electrons. The summed E-state index contributed by atoms with van der Waals surface area (Å²) in [5.41, 5.74) is 0.501. The zero-order chi connectivity index (χ0) is 15.1. The smallest absolute Gasteiger partial charge is 0.245 e. The van der Waals surface area contributed by atoms with Gasteiger partial charge in [-0.05, 0) is 28.1 Å². The van der Waals surface area contributed by atoms with Gasteiger partial charge in [0.05, 0.1) is 18.0 Å². The fraction of sp³-hybridized carbons (Fsp3) is 0.200. The van der Waals surface area contributed by atoms with Gasteiger partial charge < -0.3 is 0 Å². The molecule has 0 saturated heterocycles. The van der Waals surface area contributed by atoms with Crippen molar-refractivity contribution in [1.82, 2.24) is 9.97 Å². The summed E-state index contributed by atoms with van der Waals surface area (Å²) in [6, 6.07) is 3.13. The largest absolute Gasteiger partial charge is 0.253 e. The molecule has 0 unspecified atom stereocenters. The number of sulfonamides is 2. The first kappa shape index (κ1) is 15.1. The first-order valence-electron chi connectivity index (χ1n) is 5.22. The topological polar surface area (TPSA) is 97.3 Å². The molecule has 0 fully saturated rings. The van der Waals surface area contributed by atoms with Crippen molar-refractivity contribution in [2.24, 2.45) is 0 Å². The molecule has 2 aromatic rings. The molecule has 1 aromatic carbocycles. The minimum atomic E-state index is -4.04. The quantitative estimate of drug-likeness (QED) is 0.792. The van der Waals surface area contributed by atoms with Crippen molar-refractivity contribution in [3.8, 4) is 0 Å². The minimum Gasteiger partial charge on any atom is -0.253 e. The second kappa shape index (κ2) is 4.93. The van der Waals surface area contributed by atoms with Gasteiger partial charge in [-0.2, -0.15) is 3.71 Å². The van der Waals surface area contributed by atoms with E-state index >= 15 is 0 Å². The molecule has 0 aliphatic heterocycles. The Morgan fingerprint density at radius 1 is 1.00 bits per heavy atom. The van der Waals surface area contributed by atoms with Crippen LogP contribution in [-0.2, 0) is 20.0 Å². The molecule has 7 nitrogen and oxygen atoms in total. The number of benzene rings is 1. The summed E-state index contributed by atoms with van der Waals surface area (Å²) in [6.07, 6.45) is 4.43. The summed E-state index contributed by atoms with van der Waals surface area (Å²) in [5, 5.41) is 0. The van der Waals surface area contributed by atoms with Crippen LogP contribution in [0.15, 0.2) is 29.0 Å². The lowest BCUT2D eigenvalue weighted by Crippen LogP contribution is -2.35. The first-order valence-corrected chi connectivity index (χ1v) is 9.71. The number of halogens is 1. The molecule has 0 aliphatic rings. The number of hydrogen-bond acceptors (Lipinski definition) is 6. The molecule has 0 amide bonds. The number of aromatic nitrogens is 2. The van der Waals surface area contributed by atoms with E-state index in [0.29, 0.717) is 13.7 Å². The molecule has 0 atom stereocenters. The Morgan fingerprint density at radius 2 is 1.55 bits per heavy atom. The Morgan fingerprint density at radius 3 is 2.10 bits per heavy atom. The maximum absolute atomic E-state index is 11.9. The van der Waals surface area contributed by atoms with E-state index in [4.69, 9.17) is 0 Å². The van der Waals surface area contributed by atoms with Crippen LogP contribution in [0.3, 0.4) is 0 Å². The standard InChI is InChI=1S/C10H10BrN3O4S2/c1-19(15,16)14(20(2,17)18)10-7(11)3-4-8-9(10)13-6-5-12-8/h3-6H,1-2H3. The Balaban J connectivity index is 2.95. The van der Waals surface area contributed by atoms with E-state index < -0.39 is 20.0 Å². The molecule has 0 saturated carbocycles. The fourth-order valence-electron chi connectivity index (χ4n) is 1.75. The van der Waals surface area contributed by atoms with Gasteiger partial charge in [0, 0.05) is 16.9 Å². The van der Waals surface area contributed by atoms with Crippen molar-refractivity contribution in [3.63, 3.8) is 0 Å². The van der Waals surface area contributed by atoms with Crippen LogP contribution in [0.2, 0.25) is 0 Å².